The molecule has 2 unspecified atom stereocenters. The average Bonchev–Trinajstić information content (AvgIpc) is 2.67. The molecule has 102 valence electrons. The maximum absolute atomic E-state index is 12.4. The van der Waals surface area contributed by atoms with Crippen LogP contribution in [0.3, 0.4) is 0 Å². The topological polar surface area (TPSA) is 48.9 Å². The first-order valence-corrected chi connectivity index (χ1v) is 7.08. The molecular weight excluding hydrogens is 254 g/mol. The minimum absolute atomic E-state index is 0.0151. The third kappa shape index (κ3) is 0.773. The number of nitrogens with zero attached hydrogens (tertiary/aromatic N) is 3. The largest absolute Gasteiger partial charge is 0.347 e. The van der Waals surface area contributed by atoms with Gasteiger partial charge in [0.1, 0.15) is 0 Å². The Morgan fingerprint density at radius 2 is 1.40 bits per heavy atom. The molecule has 0 radical (unpaired) electrons. The summed E-state index contributed by atoms with van der Waals surface area (Å²) in [7, 11) is 1.56. The second kappa shape index (κ2) is 2.85. The second-order valence-corrected chi connectivity index (χ2v) is 6.39. The summed E-state index contributed by atoms with van der Waals surface area (Å²) < 4.78 is 4.58. The van der Waals surface area contributed by atoms with E-state index < -0.39 is 0 Å². The van der Waals surface area contributed by atoms with Gasteiger partial charge >= 0.3 is 11.4 Å². The average molecular weight is 269 g/mol. The molecule has 0 saturated heterocycles. The molecule has 20 heavy (non-hydrogen) atoms. The fourth-order valence-corrected chi connectivity index (χ4v) is 4.91. The van der Waals surface area contributed by atoms with Crippen LogP contribution in [0.2, 0.25) is 0 Å². The van der Waals surface area contributed by atoms with E-state index in [1.54, 1.807) is 16.4 Å². The van der Waals surface area contributed by atoms with Crippen molar-refractivity contribution in [1.82, 2.24) is 13.9 Å². The van der Waals surface area contributed by atoms with E-state index in [2.05, 4.69) is 36.5 Å². The highest BCUT2D eigenvalue weighted by atomic mass is 16.2. The highest BCUT2D eigenvalue weighted by Crippen LogP contribution is 2.73. The van der Waals surface area contributed by atoms with Crippen LogP contribution in [-0.4, -0.2) is 13.9 Å². The minimum Gasteiger partial charge on any atom is -0.246 e. The normalized spacial score (nSPS) is 42.0. The molecule has 2 aliphatic heterocycles. The summed E-state index contributed by atoms with van der Waals surface area (Å²) in [6.07, 6.45) is 15.1. The molecule has 3 aliphatic carbocycles. The third-order valence-corrected chi connectivity index (χ3v) is 5.97. The zero-order valence-electron chi connectivity index (χ0n) is 11.2. The predicted molar refractivity (Wildman–Crippen MR) is 73.5 cm³/mol. The Labute approximate surface area is 115 Å². The monoisotopic (exact) mass is 269 g/mol. The van der Waals surface area contributed by atoms with Gasteiger partial charge in [0.2, 0.25) is 0 Å². The van der Waals surface area contributed by atoms with Crippen LogP contribution in [0.4, 0.5) is 0 Å². The fraction of sp³-hybridized carbons (Fsp3) is 0.467. The van der Waals surface area contributed by atoms with E-state index in [9.17, 15) is 9.59 Å². The maximum atomic E-state index is 12.4. The van der Waals surface area contributed by atoms with Crippen molar-refractivity contribution >= 4 is 0 Å². The number of hydrogen-bond donors (Lipinski definition) is 0. The standard InChI is InChI=1S/C15H15N3O2/c1-16-12(19)17-10-4-5-11(18(17)13(16)20)15-7-3-2-6-14(10,15)8-9-15/h2-7,10-11H,8-9H2,1H3/t10-,11?,14+,15?/m0/s1. The van der Waals surface area contributed by atoms with Gasteiger partial charge < -0.3 is 0 Å². The molecule has 1 saturated carbocycles. The van der Waals surface area contributed by atoms with Crippen molar-refractivity contribution in [3.05, 3.63) is 57.4 Å². The SMILES string of the molecule is Cn1c(=O)n2n(c1=O)[C@H]1C=CC2C23C=CC=C[C@@]12CC3. The summed E-state index contributed by atoms with van der Waals surface area (Å²) in [5.41, 5.74) is -0.434. The molecule has 3 heterocycles. The lowest BCUT2D eigenvalue weighted by atomic mass is 9.40. The summed E-state index contributed by atoms with van der Waals surface area (Å²) in [5.74, 6) is 0. The van der Waals surface area contributed by atoms with Gasteiger partial charge in [0.25, 0.3) is 0 Å². The van der Waals surface area contributed by atoms with Crippen molar-refractivity contribution in [2.75, 3.05) is 0 Å². The van der Waals surface area contributed by atoms with Crippen LogP contribution in [0.1, 0.15) is 24.9 Å². The minimum atomic E-state index is -0.202. The first kappa shape index (κ1) is 10.7. The van der Waals surface area contributed by atoms with Gasteiger partial charge in [0.15, 0.2) is 0 Å². The Morgan fingerprint density at radius 3 is 1.80 bits per heavy atom. The molecule has 4 atom stereocenters. The first-order chi connectivity index (χ1) is 9.62. The van der Waals surface area contributed by atoms with Crippen LogP contribution in [0, 0.1) is 10.8 Å². The Kier molecular flexibility index (Phi) is 1.52. The molecule has 5 aliphatic rings. The van der Waals surface area contributed by atoms with Crippen LogP contribution < -0.4 is 11.4 Å². The van der Waals surface area contributed by atoms with E-state index in [0.29, 0.717) is 0 Å². The van der Waals surface area contributed by atoms with E-state index in [4.69, 9.17) is 0 Å². The van der Waals surface area contributed by atoms with Gasteiger partial charge in [-0.05, 0) is 12.8 Å². The Balaban J connectivity index is 1.94. The van der Waals surface area contributed by atoms with Crippen LogP contribution in [0.5, 0.6) is 0 Å². The second-order valence-electron chi connectivity index (χ2n) is 6.39. The number of rotatable bonds is 0. The highest BCUT2D eigenvalue weighted by molar-refractivity contribution is 5.41. The predicted octanol–water partition coefficient (Wildman–Crippen LogP) is 0.907. The van der Waals surface area contributed by atoms with E-state index in [0.717, 1.165) is 12.8 Å². The van der Waals surface area contributed by atoms with Crippen LogP contribution in [0.25, 0.3) is 0 Å². The lowest BCUT2D eigenvalue weighted by Gasteiger charge is -2.68. The zero-order chi connectivity index (χ0) is 13.7. The molecule has 5 heteroatoms. The molecule has 0 amide bonds. The molecule has 0 N–H and O–H groups in total. The molecule has 1 aromatic heterocycles. The summed E-state index contributed by atoms with van der Waals surface area (Å²) >= 11 is 0. The van der Waals surface area contributed by atoms with Crippen molar-refractivity contribution in [2.45, 2.75) is 24.9 Å². The lowest BCUT2D eigenvalue weighted by molar-refractivity contribution is -0.111. The third-order valence-electron chi connectivity index (χ3n) is 5.97. The van der Waals surface area contributed by atoms with Gasteiger partial charge in [-0.3, -0.25) is 0 Å². The zero-order valence-corrected chi connectivity index (χ0v) is 11.2. The van der Waals surface area contributed by atoms with Gasteiger partial charge in [-0.25, -0.2) is 23.5 Å². The van der Waals surface area contributed by atoms with Crippen LogP contribution in [-0.2, 0) is 7.05 Å². The lowest BCUT2D eigenvalue weighted by Crippen LogP contribution is -2.66. The van der Waals surface area contributed by atoms with Crippen LogP contribution in [0.15, 0.2) is 46.0 Å². The highest BCUT2D eigenvalue weighted by Gasteiger charge is 2.69. The fourth-order valence-electron chi connectivity index (χ4n) is 4.91. The smallest absolute Gasteiger partial charge is 0.246 e. The van der Waals surface area contributed by atoms with Crippen LogP contribution >= 0.6 is 0 Å². The quantitative estimate of drug-likeness (QED) is 0.657. The van der Waals surface area contributed by atoms with Crippen molar-refractivity contribution in [2.24, 2.45) is 17.9 Å². The molecule has 1 aromatic rings. The van der Waals surface area contributed by atoms with Crippen molar-refractivity contribution < 1.29 is 0 Å². The van der Waals surface area contributed by atoms with Gasteiger partial charge in [-0.1, -0.05) is 36.5 Å². The molecule has 1 fully saturated rings. The summed E-state index contributed by atoms with van der Waals surface area (Å²) in [5, 5.41) is 0. The molecule has 0 spiro atoms. The van der Waals surface area contributed by atoms with E-state index in [1.807, 2.05) is 0 Å². The van der Waals surface area contributed by atoms with Crippen molar-refractivity contribution in [1.29, 1.82) is 0 Å². The summed E-state index contributed by atoms with van der Waals surface area (Å²) in [4.78, 5) is 24.8. The number of aromatic nitrogens is 3. The Bertz CT molecular complexity index is 782. The molecule has 2 bridgehead atoms. The van der Waals surface area contributed by atoms with Gasteiger partial charge in [0.05, 0.1) is 12.1 Å². The summed E-state index contributed by atoms with van der Waals surface area (Å²) in [6.45, 7) is 0. The maximum Gasteiger partial charge on any atom is 0.347 e. The molecular formula is C15H15N3O2. The van der Waals surface area contributed by atoms with Gasteiger partial charge in [-0.2, -0.15) is 0 Å². The molecule has 5 nitrogen and oxygen atoms in total. The molecule has 6 rings (SSSR count). The van der Waals surface area contributed by atoms with E-state index in [-0.39, 0.29) is 34.3 Å². The van der Waals surface area contributed by atoms with Gasteiger partial charge in [-0.15, -0.1) is 0 Å². The van der Waals surface area contributed by atoms with Crippen molar-refractivity contribution in [3.8, 4) is 0 Å². The van der Waals surface area contributed by atoms with E-state index in [1.165, 1.54) is 4.57 Å². The van der Waals surface area contributed by atoms with Gasteiger partial charge in [0, 0.05) is 17.9 Å². The Hall–Kier alpha value is -2.04. The van der Waals surface area contributed by atoms with E-state index >= 15 is 0 Å². The number of hydrogen-bond acceptors (Lipinski definition) is 2. The first-order valence-electron chi connectivity index (χ1n) is 7.08. The number of allylic oxidation sites excluding steroid dienone is 6. The summed E-state index contributed by atoms with van der Waals surface area (Å²) in [6, 6.07) is -0.0762. The Morgan fingerprint density at radius 1 is 0.950 bits per heavy atom. The van der Waals surface area contributed by atoms with Crippen molar-refractivity contribution in [3.63, 3.8) is 0 Å². The molecule has 0 aromatic carbocycles.